The molecule has 0 aliphatic carbocycles. The van der Waals surface area contributed by atoms with Gasteiger partial charge in [0, 0.05) is 19.8 Å². The lowest BCUT2D eigenvalue weighted by Crippen LogP contribution is -2.05. The summed E-state index contributed by atoms with van der Waals surface area (Å²) in [4.78, 5) is 0. The summed E-state index contributed by atoms with van der Waals surface area (Å²) in [6.45, 7) is 6.41. The summed E-state index contributed by atoms with van der Waals surface area (Å²) >= 11 is 5.83. The second-order valence-electron chi connectivity index (χ2n) is 3.13. The fourth-order valence-corrected chi connectivity index (χ4v) is 1.42. The van der Waals surface area contributed by atoms with Crippen LogP contribution in [-0.4, -0.2) is 28.0 Å². The number of halogens is 1. The van der Waals surface area contributed by atoms with E-state index in [1.165, 1.54) is 0 Å². The first kappa shape index (κ1) is 11.5. The molecule has 4 nitrogen and oxygen atoms in total. The first-order valence-corrected chi connectivity index (χ1v) is 5.26. The molecule has 0 saturated carbocycles. The van der Waals surface area contributed by atoms with E-state index in [9.17, 15) is 0 Å². The first-order valence-electron chi connectivity index (χ1n) is 4.88. The minimum absolute atomic E-state index is 0.456. The third-order valence-electron chi connectivity index (χ3n) is 1.91. The lowest BCUT2D eigenvalue weighted by molar-refractivity contribution is 0.129. The Hall–Kier alpha value is -0.610. The van der Waals surface area contributed by atoms with Crippen LogP contribution in [0.1, 0.15) is 25.6 Å². The van der Waals surface area contributed by atoms with E-state index in [-0.39, 0.29) is 0 Å². The Labute approximate surface area is 89.2 Å². The van der Waals surface area contributed by atoms with Gasteiger partial charge in [0.2, 0.25) is 5.28 Å². The standard InChI is InChI=1S/C9H16ClN3O/c1-3-6-14-7-4-5-13-8(2)11-12-9(13)10/h3-7H2,1-2H3. The fraction of sp³-hybridized carbons (Fsp3) is 0.778. The molecule has 0 radical (unpaired) electrons. The number of hydrogen-bond acceptors (Lipinski definition) is 3. The maximum absolute atomic E-state index is 5.83. The number of rotatable bonds is 6. The van der Waals surface area contributed by atoms with Crippen LogP contribution >= 0.6 is 11.6 Å². The van der Waals surface area contributed by atoms with Gasteiger partial charge in [-0.2, -0.15) is 0 Å². The van der Waals surface area contributed by atoms with Gasteiger partial charge in [0.1, 0.15) is 5.82 Å². The van der Waals surface area contributed by atoms with E-state index in [0.717, 1.165) is 38.4 Å². The molecule has 0 bridgehead atoms. The van der Waals surface area contributed by atoms with E-state index in [1.807, 2.05) is 11.5 Å². The molecule has 0 amide bonds. The van der Waals surface area contributed by atoms with E-state index in [1.54, 1.807) is 0 Å². The molecule has 0 spiro atoms. The van der Waals surface area contributed by atoms with Crippen LogP contribution < -0.4 is 0 Å². The summed E-state index contributed by atoms with van der Waals surface area (Å²) in [7, 11) is 0. The maximum atomic E-state index is 5.83. The Kier molecular flexibility index (Phi) is 4.90. The summed E-state index contributed by atoms with van der Waals surface area (Å²) in [6.07, 6.45) is 2.00. The predicted octanol–water partition coefficient (Wildman–Crippen LogP) is 2.06. The highest BCUT2D eigenvalue weighted by Crippen LogP contribution is 2.07. The van der Waals surface area contributed by atoms with Crippen molar-refractivity contribution in [3.63, 3.8) is 0 Å². The van der Waals surface area contributed by atoms with Crippen molar-refractivity contribution in [3.05, 3.63) is 11.1 Å². The van der Waals surface area contributed by atoms with Gasteiger partial charge in [-0.25, -0.2) is 0 Å². The monoisotopic (exact) mass is 217 g/mol. The van der Waals surface area contributed by atoms with Crippen LogP contribution in [0, 0.1) is 6.92 Å². The van der Waals surface area contributed by atoms with Crippen molar-refractivity contribution in [2.24, 2.45) is 0 Å². The van der Waals surface area contributed by atoms with Crippen LogP contribution in [0.3, 0.4) is 0 Å². The van der Waals surface area contributed by atoms with Gasteiger partial charge in [-0.1, -0.05) is 6.92 Å². The Balaban J connectivity index is 2.24. The minimum Gasteiger partial charge on any atom is -0.381 e. The smallest absolute Gasteiger partial charge is 0.225 e. The maximum Gasteiger partial charge on any atom is 0.225 e. The van der Waals surface area contributed by atoms with E-state index < -0.39 is 0 Å². The topological polar surface area (TPSA) is 39.9 Å². The van der Waals surface area contributed by atoms with Crippen molar-refractivity contribution in [2.75, 3.05) is 13.2 Å². The van der Waals surface area contributed by atoms with Crippen LogP contribution in [0.4, 0.5) is 0 Å². The highest BCUT2D eigenvalue weighted by Gasteiger charge is 2.04. The van der Waals surface area contributed by atoms with Gasteiger partial charge in [0.05, 0.1) is 0 Å². The largest absolute Gasteiger partial charge is 0.381 e. The lowest BCUT2D eigenvalue weighted by atomic mass is 10.4. The van der Waals surface area contributed by atoms with Crippen molar-refractivity contribution < 1.29 is 4.74 Å². The zero-order chi connectivity index (χ0) is 10.4. The van der Waals surface area contributed by atoms with Crippen molar-refractivity contribution in [2.45, 2.75) is 33.2 Å². The number of hydrogen-bond donors (Lipinski definition) is 0. The van der Waals surface area contributed by atoms with Gasteiger partial charge in [0.15, 0.2) is 0 Å². The number of ether oxygens (including phenoxy) is 1. The van der Waals surface area contributed by atoms with Gasteiger partial charge in [-0.05, 0) is 31.4 Å². The number of nitrogens with zero attached hydrogens (tertiary/aromatic N) is 3. The molecule has 0 atom stereocenters. The molecular weight excluding hydrogens is 202 g/mol. The molecule has 0 fully saturated rings. The van der Waals surface area contributed by atoms with E-state index in [2.05, 4.69) is 17.1 Å². The van der Waals surface area contributed by atoms with Crippen molar-refractivity contribution >= 4 is 11.6 Å². The van der Waals surface area contributed by atoms with Gasteiger partial charge < -0.3 is 9.30 Å². The van der Waals surface area contributed by atoms with E-state index >= 15 is 0 Å². The first-order chi connectivity index (χ1) is 6.75. The van der Waals surface area contributed by atoms with E-state index in [4.69, 9.17) is 16.3 Å². The molecule has 1 aromatic rings. The Morgan fingerprint density at radius 2 is 2.14 bits per heavy atom. The molecule has 0 aliphatic heterocycles. The molecule has 0 aliphatic rings. The summed E-state index contributed by atoms with van der Waals surface area (Å²) in [5, 5.41) is 8.10. The van der Waals surface area contributed by atoms with Crippen LogP contribution in [-0.2, 0) is 11.3 Å². The molecule has 0 unspecified atom stereocenters. The summed E-state index contributed by atoms with van der Waals surface area (Å²) in [5.41, 5.74) is 0. The van der Waals surface area contributed by atoms with Gasteiger partial charge in [-0.3, -0.25) is 0 Å². The van der Waals surface area contributed by atoms with Crippen LogP contribution in [0.15, 0.2) is 0 Å². The predicted molar refractivity (Wildman–Crippen MR) is 55.5 cm³/mol. The highest BCUT2D eigenvalue weighted by atomic mass is 35.5. The van der Waals surface area contributed by atoms with Crippen LogP contribution in [0.2, 0.25) is 5.28 Å². The average Bonchev–Trinajstić information content (AvgIpc) is 2.48. The van der Waals surface area contributed by atoms with Crippen molar-refractivity contribution in [1.29, 1.82) is 0 Å². The normalized spacial score (nSPS) is 10.8. The van der Waals surface area contributed by atoms with Crippen LogP contribution in [0.5, 0.6) is 0 Å². The van der Waals surface area contributed by atoms with Gasteiger partial charge >= 0.3 is 0 Å². The number of aromatic nitrogens is 3. The molecule has 1 rings (SSSR count). The second kappa shape index (κ2) is 5.98. The third-order valence-corrected chi connectivity index (χ3v) is 2.19. The quantitative estimate of drug-likeness (QED) is 0.685. The third kappa shape index (κ3) is 3.27. The molecular formula is C9H16ClN3O. The SMILES string of the molecule is CCCOCCCn1c(C)nnc1Cl. The van der Waals surface area contributed by atoms with Crippen molar-refractivity contribution in [3.8, 4) is 0 Å². The minimum atomic E-state index is 0.456. The second-order valence-corrected chi connectivity index (χ2v) is 3.47. The summed E-state index contributed by atoms with van der Waals surface area (Å²) in [5.74, 6) is 0.852. The molecule has 1 aromatic heterocycles. The van der Waals surface area contributed by atoms with Gasteiger partial charge in [-0.15, -0.1) is 10.2 Å². The van der Waals surface area contributed by atoms with Crippen LogP contribution in [0.25, 0.3) is 0 Å². The molecule has 0 saturated heterocycles. The van der Waals surface area contributed by atoms with Crippen molar-refractivity contribution in [1.82, 2.24) is 14.8 Å². The molecule has 5 heteroatoms. The summed E-state index contributed by atoms with van der Waals surface area (Å²) in [6, 6.07) is 0. The molecule has 80 valence electrons. The number of aryl methyl sites for hydroxylation is 1. The van der Waals surface area contributed by atoms with E-state index in [0.29, 0.717) is 5.28 Å². The Morgan fingerprint density at radius 3 is 2.71 bits per heavy atom. The Bertz CT molecular complexity index is 256. The molecule has 14 heavy (non-hydrogen) atoms. The van der Waals surface area contributed by atoms with Gasteiger partial charge in [0.25, 0.3) is 0 Å². The zero-order valence-electron chi connectivity index (χ0n) is 8.66. The zero-order valence-corrected chi connectivity index (χ0v) is 9.42. The molecule has 1 heterocycles. The highest BCUT2D eigenvalue weighted by molar-refractivity contribution is 6.28. The average molecular weight is 218 g/mol. The lowest BCUT2D eigenvalue weighted by Gasteiger charge is -2.05. The Morgan fingerprint density at radius 1 is 1.36 bits per heavy atom. The fourth-order valence-electron chi connectivity index (χ4n) is 1.18. The molecule has 0 aromatic carbocycles. The molecule has 0 N–H and O–H groups in total. The summed E-state index contributed by atoms with van der Waals surface area (Å²) < 4.78 is 7.25.